The number of rotatable bonds is 8. The third-order valence-corrected chi connectivity index (χ3v) is 5.38. The van der Waals surface area contributed by atoms with E-state index in [1.54, 1.807) is 7.11 Å². The molecule has 1 aliphatic heterocycles. The Kier molecular flexibility index (Phi) is 7.46. The van der Waals surface area contributed by atoms with Gasteiger partial charge in [0, 0.05) is 44.0 Å². The van der Waals surface area contributed by atoms with Gasteiger partial charge in [0.25, 0.3) is 5.91 Å². The Labute approximate surface area is 168 Å². The highest BCUT2D eigenvalue weighted by atomic mass is 16.5. The van der Waals surface area contributed by atoms with Gasteiger partial charge in [0.2, 0.25) is 0 Å². The first kappa shape index (κ1) is 20.4. The summed E-state index contributed by atoms with van der Waals surface area (Å²) in [5, 5.41) is 6.62. The van der Waals surface area contributed by atoms with Crippen molar-refractivity contribution in [2.24, 2.45) is 0 Å². The number of ether oxygens (including phenoxy) is 1. The molecule has 1 unspecified atom stereocenters. The molecule has 28 heavy (non-hydrogen) atoms. The van der Waals surface area contributed by atoms with Gasteiger partial charge in [-0.3, -0.25) is 4.79 Å². The van der Waals surface area contributed by atoms with Crippen molar-refractivity contribution < 1.29 is 9.53 Å². The molecule has 0 bridgehead atoms. The van der Waals surface area contributed by atoms with Gasteiger partial charge >= 0.3 is 0 Å². The summed E-state index contributed by atoms with van der Waals surface area (Å²) in [7, 11) is 1.73. The molecule has 1 saturated heterocycles. The molecule has 150 valence electrons. The van der Waals surface area contributed by atoms with Crippen molar-refractivity contribution in [1.29, 1.82) is 0 Å². The van der Waals surface area contributed by atoms with Crippen molar-refractivity contribution in [2.75, 3.05) is 38.3 Å². The van der Waals surface area contributed by atoms with Gasteiger partial charge in [-0.2, -0.15) is 0 Å². The quantitative estimate of drug-likeness (QED) is 0.689. The lowest BCUT2D eigenvalue weighted by Gasteiger charge is -2.34. The van der Waals surface area contributed by atoms with Gasteiger partial charge in [0.05, 0.1) is 12.6 Å². The van der Waals surface area contributed by atoms with E-state index in [-0.39, 0.29) is 11.9 Å². The maximum atomic E-state index is 12.5. The maximum Gasteiger partial charge on any atom is 0.251 e. The molecule has 0 aliphatic carbocycles. The van der Waals surface area contributed by atoms with E-state index in [1.165, 1.54) is 5.69 Å². The molecule has 2 aromatic rings. The van der Waals surface area contributed by atoms with Crippen LogP contribution in [0.2, 0.25) is 0 Å². The van der Waals surface area contributed by atoms with Gasteiger partial charge in [0.15, 0.2) is 0 Å². The summed E-state index contributed by atoms with van der Waals surface area (Å²) in [5.41, 5.74) is 2.99. The van der Waals surface area contributed by atoms with Crippen LogP contribution in [0, 0.1) is 0 Å². The highest BCUT2D eigenvalue weighted by Crippen LogP contribution is 2.21. The standard InChI is InChI=1S/C23H31N3O2/c1-18(19-6-4-3-5-7-19)25-23(27)20-8-10-22(11-9-20)26-15-12-21(13-16-26)24-14-17-28-2/h3-11,18,21,24H,12-17H2,1-2H3,(H,25,27). The van der Waals surface area contributed by atoms with Crippen molar-refractivity contribution in [3.05, 3.63) is 65.7 Å². The predicted molar refractivity (Wildman–Crippen MR) is 114 cm³/mol. The van der Waals surface area contributed by atoms with Gasteiger partial charge in [-0.15, -0.1) is 0 Å². The lowest BCUT2D eigenvalue weighted by molar-refractivity contribution is 0.0940. The summed E-state index contributed by atoms with van der Waals surface area (Å²) in [6, 6.07) is 18.5. The minimum absolute atomic E-state index is 0.0157. The second-order valence-electron chi connectivity index (χ2n) is 7.36. The van der Waals surface area contributed by atoms with E-state index in [2.05, 4.69) is 27.7 Å². The molecule has 3 rings (SSSR count). The number of nitrogens with zero attached hydrogens (tertiary/aromatic N) is 1. The average Bonchev–Trinajstić information content (AvgIpc) is 2.75. The third kappa shape index (κ3) is 5.57. The highest BCUT2D eigenvalue weighted by Gasteiger charge is 2.19. The van der Waals surface area contributed by atoms with Crippen LogP contribution < -0.4 is 15.5 Å². The third-order valence-electron chi connectivity index (χ3n) is 5.38. The number of carbonyl (C=O) groups excluding carboxylic acids is 1. The Morgan fingerprint density at radius 1 is 1.11 bits per heavy atom. The molecule has 1 aliphatic rings. The smallest absolute Gasteiger partial charge is 0.251 e. The van der Waals surface area contributed by atoms with Crippen LogP contribution in [0.5, 0.6) is 0 Å². The van der Waals surface area contributed by atoms with Crippen LogP contribution in [0.3, 0.4) is 0 Å². The van der Waals surface area contributed by atoms with Crippen molar-refractivity contribution in [3.8, 4) is 0 Å². The van der Waals surface area contributed by atoms with Gasteiger partial charge in [-0.05, 0) is 49.6 Å². The Morgan fingerprint density at radius 3 is 2.43 bits per heavy atom. The van der Waals surface area contributed by atoms with Gasteiger partial charge < -0.3 is 20.3 Å². The highest BCUT2D eigenvalue weighted by molar-refractivity contribution is 5.94. The number of nitrogens with one attached hydrogen (secondary N) is 2. The van der Waals surface area contributed by atoms with Crippen LogP contribution in [0.25, 0.3) is 0 Å². The lowest BCUT2D eigenvalue weighted by atomic mass is 10.0. The molecule has 0 saturated carbocycles. The average molecular weight is 382 g/mol. The van der Waals surface area contributed by atoms with Crippen molar-refractivity contribution >= 4 is 11.6 Å². The fraction of sp³-hybridized carbons (Fsp3) is 0.435. The van der Waals surface area contributed by atoms with E-state index in [0.29, 0.717) is 11.6 Å². The second kappa shape index (κ2) is 10.2. The number of piperidine rings is 1. The molecule has 0 spiro atoms. The van der Waals surface area contributed by atoms with E-state index < -0.39 is 0 Å². The number of carbonyl (C=O) groups is 1. The van der Waals surface area contributed by atoms with Crippen LogP contribution in [-0.2, 0) is 4.74 Å². The summed E-state index contributed by atoms with van der Waals surface area (Å²) in [6.45, 7) is 5.73. The fourth-order valence-corrected chi connectivity index (χ4v) is 3.64. The molecule has 1 heterocycles. The van der Waals surface area contributed by atoms with E-state index >= 15 is 0 Å². The van der Waals surface area contributed by atoms with Crippen molar-refractivity contribution in [1.82, 2.24) is 10.6 Å². The molecule has 0 aromatic heterocycles. The SMILES string of the molecule is COCCNC1CCN(c2ccc(C(=O)NC(C)c3ccccc3)cc2)CC1. The molecule has 1 fully saturated rings. The number of hydrogen-bond donors (Lipinski definition) is 2. The van der Waals surface area contributed by atoms with E-state index in [0.717, 1.165) is 44.6 Å². The maximum absolute atomic E-state index is 12.5. The second-order valence-corrected chi connectivity index (χ2v) is 7.36. The zero-order valence-electron chi connectivity index (χ0n) is 16.9. The van der Waals surface area contributed by atoms with E-state index in [4.69, 9.17) is 4.74 Å². The van der Waals surface area contributed by atoms with Crippen LogP contribution in [0.4, 0.5) is 5.69 Å². The minimum atomic E-state index is -0.0380. The zero-order chi connectivity index (χ0) is 19.8. The lowest BCUT2D eigenvalue weighted by Crippen LogP contribution is -2.43. The Hall–Kier alpha value is -2.37. The Balaban J connectivity index is 1.50. The van der Waals surface area contributed by atoms with Crippen molar-refractivity contribution in [2.45, 2.75) is 31.8 Å². The van der Waals surface area contributed by atoms with Crippen LogP contribution >= 0.6 is 0 Å². The molecule has 5 heteroatoms. The van der Waals surface area contributed by atoms with Gasteiger partial charge in [-0.25, -0.2) is 0 Å². The summed E-state index contributed by atoms with van der Waals surface area (Å²) in [4.78, 5) is 14.9. The van der Waals surface area contributed by atoms with Crippen LogP contribution in [0.15, 0.2) is 54.6 Å². The van der Waals surface area contributed by atoms with E-state index in [1.807, 2.05) is 49.4 Å². The normalized spacial score (nSPS) is 16.0. The van der Waals surface area contributed by atoms with Crippen LogP contribution in [0.1, 0.15) is 41.7 Å². The predicted octanol–water partition coefficient (Wildman–Crippen LogP) is 3.38. The van der Waals surface area contributed by atoms with Crippen LogP contribution in [-0.4, -0.2) is 45.3 Å². The molecule has 2 aromatic carbocycles. The number of benzene rings is 2. The first-order valence-corrected chi connectivity index (χ1v) is 10.1. The molecule has 2 N–H and O–H groups in total. The number of hydrogen-bond acceptors (Lipinski definition) is 4. The summed E-state index contributed by atoms with van der Waals surface area (Å²) in [5.74, 6) is -0.0380. The summed E-state index contributed by atoms with van der Waals surface area (Å²) < 4.78 is 5.10. The first-order chi connectivity index (χ1) is 13.7. The van der Waals surface area contributed by atoms with E-state index in [9.17, 15) is 4.79 Å². The molecule has 1 atom stereocenters. The monoisotopic (exact) mass is 381 g/mol. The van der Waals surface area contributed by atoms with Gasteiger partial charge in [0.1, 0.15) is 0 Å². The first-order valence-electron chi connectivity index (χ1n) is 10.1. The number of anilines is 1. The topological polar surface area (TPSA) is 53.6 Å². The molecule has 0 radical (unpaired) electrons. The molecule has 5 nitrogen and oxygen atoms in total. The van der Waals surface area contributed by atoms with Crippen molar-refractivity contribution in [3.63, 3.8) is 0 Å². The number of methoxy groups -OCH3 is 1. The van der Waals surface area contributed by atoms with Gasteiger partial charge in [-0.1, -0.05) is 30.3 Å². The largest absolute Gasteiger partial charge is 0.383 e. The Bertz CT molecular complexity index is 725. The number of amides is 1. The minimum Gasteiger partial charge on any atom is -0.383 e. The summed E-state index contributed by atoms with van der Waals surface area (Å²) in [6.07, 6.45) is 2.25. The summed E-state index contributed by atoms with van der Waals surface area (Å²) >= 11 is 0. The molecule has 1 amide bonds. The molecular weight excluding hydrogens is 350 g/mol. The Morgan fingerprint density at radius 2 is 1.79 bits per heavy atom. The fourth-order valence-electron chi connectivity index (χ4n) is 3.64. The zero-order valence-corrected chi connectivity index (χ0v) is 16.9. The molecular formula is C23H31N3O2.